The van der Waals surface area contributed by atoms with Gasteiger partial charge in [0.25, 0.3) is 5.91 Å². The van der Waals surface area contributed by atoms with E-state index in [1.165, 1.54) is 19.5 Å². The summed E-state index contributed by atoms with van der Waals surface area (Å²) in [4.78, 5) is 12.7. The lowest BCUT2D eigenvalue weighted by Gasteiger charge is -2.13. The molecule has 1 aromatic heterocycles. The van der Waals surface area contributed by atoms with E-state index in [9.17, 15) is 4.79 Å². The first-order chi connectivity index (χ1) is 17.4. The predicted octanol–water partition coefficient (Wildman–Crippen LogP) is 5.38. The van der Waals surface area contributed by atoms with Crippen LogP contribution in [0.3, 0.4) is 0 Å². The molecule has 0 aliphatic heterocycles. The number of rotatable bonds is 11. The number of benzene rings is 2. The average molecular weight is 639 g/mol. The van der Waals surface area contributed by atoms with Crippen molar-refractivity contribution in [3.63, 3.8) is 0 Å². The Morgan fingerprint density at radius 3 is 2.64 bits per heavy atom. The van der Waals surface area contributed by atoms with Gasteiger partial charge in [-0.3, -0.25) is 4.79 Å². The van der Waals surface area contributed by atoms with E-state index in [1.807, 2.05) is 25.3 Å². The van der Waals surface area contributed by atoms with Crippen molar-refractivity contribution in [3.05, 3.63) is 70.1 Å². The maximum Gasteiger partial charge on any atom is 0.259 e. The number of amides is 1. The third kappa shape index (κ3) is 6.15. The van der Waals surface area contributed by atoms with E-state index in [0.717, 1.165) is 17.5 Å². The highest BCUT2D eigenvalue weighted by Gasteiger charge is 2.17. The summed E-state index contributed by atoms with van der Waals surface area (Å²) in [5.74, 6) is 0.553. The number of ether oxygens (including phenoxy) is 1. The summed E-state index contributed by atoms with van der Waals surface area (Å²) >= 11 is 8.79. The lowest BCUT2D eigenvalue weighted by atomic mass is 10.1. The van der Waals surface area contributed by atoms with Crippen molar-refractivity contribution < 1.29 is 9.53 Å². The molecule has 13 heteroatoms. The number of nitrogens with one attached hydrogen (secondary N) is 6. The Morgan fingerprint density at radius 2 is 2.00 bits per heavy atom. The molecular weight excluding hydrogens is 614 g/mol. The molecule has 1 atom stereocenters. The molecule has 3 rings (SSSR count). The molecule has 0 saturated heterocycles. The van der Waals surface area contributed by atoms with Crippen LogP contribution in [0.15, 0.2) is 48.4 Å². The first-order valence-electron chi connectivity index (χ1n) is 10.5. The number of hydrogen-bond donors (Lipinski definition) is 6. The molecule has 1 amide bonds. The monoisotopic (exact) mass is 638 g/mol. The van der Waals surface area contributed by atoms with Crippen molar-refractivity contribution in [1.29, 1.82) is 10.8 Å². The van der Waals surface area contributed by atoms with Crippen LogP contribution >= 0.6 is 40.0 Å². The van der Waals surface area contributed by atoms with Crippen LogP contribution in [0.4, 0.5) is 17.2 Å². The number of methoxy groups -OCH3 is 1. The van der Waals surface area contributed by atoms with Gasteiger partial charge in [0.05, 0.1) is 34.8 Å². The van der Waals surface area contributed by atoms with Gasteiger partial charge in [0.2, 0.25) is 0 Å². The highest BCUT2D eigenvalue weighted by atomic mass is 127. The van der Waals surface area contributed by atoms with Crippen LogP contribution in [0.1, 0.15) is 21.5 Å². The van der Waals surface area contributed by atoms with Crippen LogP contribution in [-0.4, -0.2) is 42.3 Å². The number of carbonyl (C=O) groups is 1. The molecule has 0 bridgehead atoms. The minimum atomic E-state index is -0.403. The lowest BCUT2D eigenvalue weighted by molar-refractivity contribution is 0.0965. The minimum absolute atomic E-state index is 0.315. The van der Waals surface area contributed by atoms with Crippen molar-refractivity contribution in [2.24, 2.45) is 0 Å². The van der Waals surface area contributed by atoms with E-state index >= 15 is 0 Å². The van der Waals surface area contributed by atoms with Gasteiger partial charge < -0.3 is 36.6 Å². The smallest absolute Gasteiger partial charge is 0.259 e. The van der Waals surface area contributed by atoms with Gasteiger partial charge in [0.1, 0.15) is 5.75 Å². The second kappa shape index (κ2) is 12.7. The van der Waals surface area contributed by atoms with Gasteiger partial charge in [-0.2, -0.15) is 0 Å². The normalized spacial score (nSPS) is 11.3. The maximum absolute atomic E-state index is 12.7. The van der Waals surface area contributed by atoms with Crippen LogP contribution in [-0.2, 0) is 0 Å². The molecule has 0 radical (unpaired) electrons. The second-order valence-electron chi connectivity index (χ2n) is 7.35. The van der Waals surface area contributed by atoms with Crippen molar-refractivity contribution in [2.45, 2.75) is 6.92 Å². The zero-order valence-electron chi connectivity index (χ0n) is 19.7. The predicted molar refractivity (Wildman–Crippen MR) is 157 cm³/mol. The summed E-state index contributed by atoms with van der Waals surface area (Å²) in [6.07, 6.45) is 6.08. The summed E-state index contributed by atoms with van der Waals surface area (Å²) in [5, 5.41) is 32.1. The number of carbonyl (C=O) groups excluding carboxylic acids is 1. The van der Waals surface area contributed by atoms with Crippen LogP contribution < -0.4 is 25.8 Å². The first-order valence-corrected chi connectivity index (χ1v) is 15.0. The summed E-state index contributed by atoms with van der Waals surface area (Å²) in [5.41, 5.74) is 4.21. The Bertz CT molecular complexity index is 1330. The minimum Gasteiger partial charge on any atom is -0.496 e. The van der Waals surface area contributed by atoms with E-state index in [4.69, 9.17) is 27.2 Å². The van der Waals surface area contributed by atoms with E-state index in [0.29, 0.717) is 51.2 Å². The van der Waals surface area contributed by atoms with Crippen LogP contribution in [0, 0.1) is 17.7 Å². The summed E-state index contributed by atoms with van der Waals surface area (Å²) in [7, 11) is 3.16. The largest absolute Gasteiger partial charge is 0.496 e. The van der Waals surface area contributed by atoms with E-state index in [2.05, 4.69) is 48.2 Å². The number of allylic oxidation sites excluding steroid dienone is 1. The third-order valence-electron chi connectivity index (χ3n) is 5.06. The second-order valence-corrected chi connectivity index (χ2v) is 9.79. The summed E-state index contributed by atoms with van der Waals surface area (Å²) in [6, 6.07) is 8.82. The SMILES string of the molecule is CN/C=C(\C=N)NC(=O)c1ccc(-n2cc(C)c(Nc3ccc(NPI)c(C=N)c3Cl)n2)cc1OC. The number of anilines is 3. The fraction of sp³-hybridized carbons (Fsp3) is 0.130. The third-order valence-corrected chi connectivity index (χ3v) is 6.64. The molecule has 188 valence electrons. The molecule has 0 spiro atoms. The summed E-state index contributed by atoms with van der Waals surface area (Å²) in [6.45, 7) is 1.91. The fourth-order valence-electron chi connectivity index (χ4n) is 3.31. The molecule has 10 nitrogen and oxygen atoms in total. The number of aryl methyl sites for hydroxylation is 1. The molecule has 0 aliphatic rings. The van der Waals surface area contributed by atoms with Crippen molar-refractivity contribution >= 4 is 75.5 Å². The van der Waals surface area contributed by atoms with Crippen LogP contribution in [0.2, 0.25) is 5.02 Å². The number of hydrogen-bond acceptors (Lipinski definition) is 8. The molecule has 6 N–H and O–H groups in total. The molecule has 0 fully saturated rings. The summed E-state index contributed by atoms with van der Waals surface area (Å²) < 4.78 is 7.13. The molecule has 1 unspecified atom stereocenters. The van der Waals surface area contributed by atoms with Crippen molar-refractivity contribution in [3.8, 4) is 11.4 Å². The Hall–Kier alpha value is -3.15. The van der Waals surface area contributed by atoms with Gasteiger partial charge in [-0.05, 0) is 53.2 Å². The number of aromatic nitrogens is 2. The standard InChI is InChI=1S/C23H25ClIN8O2P/c1-13-12-33(31-22(13)30-19-7-6-18(32-36-25)17(10-27)21(19)24)15-4-5-16(20(8-15)35-3)23(34)29-14(9-26)11-28-2/h4-12,26-28,32,36H,1-3H3,(H,29,34)(H,30,31)/b14-11+,26-9?,27-10?. The molecule has 3 aromatic rings. The van der Waals surface area contributed by atoms with E-state index in [1.54, 1.807) is 29.9 Å². The topological polar surface area (TPSA) is 140 Å². The Balaban J connectivity index is 1.89. The van der Waals surface area contributed by atoms with Gasteiger partial charge in [-0.15, -0.1) is 5.10 Å². The van der Waals surface area contributed by atoms with Gasteiger partial charge in [0.15, 0.2) is 5.82 Å². The maximum atomic E-state index is 12.7. The first kappa shape index (κ1) is 27.4. The van der Waals surface area contributed by atoms with Gasteiger partial charge in [0, 0.05) is 61.1 Å². The Kier molecular flexibility index (Phi) is 9.68. The lowest BCUT2D eigenvalue weighted by Crippen LogP contribution is -2.25. The van der Waals surface area contributed by atoms with Crippen molar-refractivity contribution in [1.82, 2.24) is 20.4 Å². The van der Waals surface area contributed by atoms with Crippen LogP contribution in [0.25, 0.3) is 5.69 Å². The zero-order valence-corrected chi connectivity index (χ0v) is 23.6. The average Bonchev–Trinajstić information content (AvgIpc) is 3.25. The molecule has 0 aliphatic carbocycles. The highest BCUT2D eigenvalue weighted by Crippen LogP contribution is 2.36. The highest BCUT2D eigenvalue weighted by molar-refractivity contribution is 14.2. The van der Waals surface area contributed by atoms with E-state index < -0.39 is 5.91 Å². The Morgan fingerprint density at radius 1 is 1.25 bits per heavy atom. The van der Waals surface area contributed by atoms with Gasteiger partial charge in [-0.1, -0.05) is 11.6 Å². The van der Waals surface area contributed by atoms with Crippen molar-refractivity contribution in [2.75, 3.05) is 24.6 Å². The molecule has 36 heavy (non-hydrogen) atoms. The molecule has 0 saturated carbocycles. The molecule has 1 heterocycles. The zero-order chi connectivity index (χ0) is 26.2. The number of nitrogens with zero attached hydrogens (tertiary/aromatic N) is 2. The molecular formula is C23H25ClIN8O2P. The Labute approximate surface area is 228 Å². The molecule has 2 aromatic carbocycles. The van der Waals surface area contributed by atoms with E-state index in [-0.39, 0.29) is 0 Å². The fourth-order valence-corrected chi connectivity index (χ4v) is 4.77. The van der Waals surface area contributed by atoms with Gasteiger partial charge >= 0.3 is 0 Å². The van der Waals surface area contributed by atoms with Gasteiger partial charge in [-0.25, -0.2) is 4.68 Å². The number of halogens is 2. The van der Waals surface area contributed by atoms with Crippen LogP contribution in [0.5, 0.6) is 5.75 Å². The quantitative estimate of drug-likeness (QED) is 0.0947.